The van der Waals surface area contributed by atoms with E-state index < -0.39 is 19.1 Å². The van der Waals surface area contributed by atoms with E-state index in [-0.39, 0.29) is 25.8 Å². The third-order valence-electron chi connectivity index (χ3n) is 2.53. The Kier molecular flexibility index (Phi) is 35.2. The van der Waals surface area contributed by atoms with Gasteiger partial charge in [0.05, 0.1) is 0 Å². The second-order valence-electron chi connectivity index (χ2n) is 4.90. The maximum absolute atomic E-state index is 11.8. The summed E-state index contributed by atoms with van der Waals surface area (Å²) in [5.74, 6) is 0. The minimum absolute atomic E-state index is 0. The van der Waals surface area contributed by atoms with Crippen molar-refractivity contribution in [3.63, 3.8) is 0 Å². The number of unbranched alkanes of at least 4 members (excludes halogenated alkanes) is 3. The topological polar surface area (TPSA) is 60.7 Å². The average molecular weight is 595 g/mol. The van der Waals surface area contributed by atoms with Crippen LogP contribution in [0.4, 0.5) is 10.5 Å². The Balaban J connectivity index is -0.000000122. The third kappa shape index (κ3) is 32.6. The van der Waals surface area contributed by atoms with E-state index in [1.807, 2.05) is 0 Å². The van der Waals surface area contributed by atoms with E-state index in [1.54, 1.807) is 0 Å². The first kappa shape index (κ1) is 33.1. The Labute approximate surface area is 173 Å². The van der Waals surface area contributed by atoms with E-state index in [2.05, 4.69) is 20.8 Å². The molecule has 0 spiro atoms. The molecule has 1 aromatic carbocycles. The van der Waals surface area contributed by atoms with Crippen LogP contribution in [0.5, 0.6) is 0 Å². The molecule has 0 amide bonds. The van der Waals surface area contributed by atoms with Crippen molar-refractivity contribution in [3.8, 4) is 0 Å². The van der Waals surface area contributed by atoms with Gasteiger partial charge >= 0.3 is 53.8 Å². The first-order valence-electron chi connectivity index (χ1n) is 8.46. The molecule has 0 atom stereocenters. The Morgan fingerprint density at radius 3 is 1.08 bits per heavy atom. The average Bonchev–Trinajstić information content (AvgIpc) is 3.06. The van der Waals surface area contributed by atoms with Gasteiger partial charge in [-0.1, -0.05) is 40.0 Å². The van der Waals surface area contributed by atoms with E-state index in [0.29, 0.717) is 19.8 Å². The summed E-state index contributed by atoms with van der Waals surface area (Å²) in [6.07, 6.45) is 6.11. The molecule has 3 nitrogen and oxygen atoms in total. The van der Waals surface area contributed by atoms with Crippen LogP contribution in [0.25, 0.3) is 0 Å². The molecule has 1 aromatic rings. The predicted octanol–water partition coefficient (Wildman–Crippen LogP) is 3.79. The summed E-state index contributed by atoms with van der Waals surface area (Å²) in [7, 11) is 0. The fourth-order valence-electron chi connectivity index (χ4n) is 1.04. The fraction of sp³-hybridized carbons (Fsp3) is 0.706. The zero-order valence-electron chi connectivity index (χ0n) is 15.6. The van der Waals surface area contributed by atoms with Crippen molar-refractivity contribution in [2.24, 2.45) is 0 Å². The van der Waals surface area contributed by atoms with Crippen molar-refractivity contribution < 1.29 is 51.7 Å². The molecule has 0 saturated carbocycles. The van der Waals surface area contributed by atoms with Gasteiger partial charge in [0, 0.05) is 45.7 Å². The van der Waals surface area contributed by atoms with Crippen LogP contribution in [-0.4, -0.2) is 49.8 Å². The molecule has 0 radical (unpaired) electrons. The summed E-state index contributed by atoms with van der Waals surface area (Å²) in [5.41, 5.74) is 0. The van der Waals surface area contributed by atoms with Gasteiger partial charge in [0.2, 0.25) is 0 Å². The smallest absolute Gasteiger partial charge is 0 e. The predicted molar refractivity (Wildman–Crippen MR) is 96.7 cm³/mol. The zero-order valence-corrected chi connectivity index (χ0v) is 21.3. The van der Waals surface area contributed by atoms with Crippen LogP contribution in [0.15, 0.2) is 24.3 Å². The van der Waals surface area contributed by atoms with E-state index in [1.165, 1.54) is 12.1 Å². The molecule has 0 saturated heterocycles. The first-order chi connectivity index (χ1) is 11.3. The van der Waals surface area contributed by atoms with Gasteiger partial charge in [-0.15, -0.1) is 0 Å². The number of aliphatic hydroxyl groups is 3. The molecule has 3 N–H and O–H groups in total. The molecule has 0 aliphatic heterocycles. The van der Waals surface area contributed by atoms with Crippen molar-refractivity contribution in [3.05, 3.63) is 24.3 Å². The molecule has 0 aromatic heterocycles. The summed E-state index contributed by atoms with van der Waals surface area (Å²) >= 11 is -5.94. The van der Waals surface area contributed by atoms with Gasteiger partial charge in [0.15, 0.2) is 0 Å². The first-order valence-corrected chi connectivity index (χ1v) is 11.9. The van der Waals surface area contributed by atoms with E-state index in [4.69, 9.17) is 15.3 Å². The van der Waals surface area contributed by atoms with Crippen molar-refractivity contribution in [1.82, 2.24) is 0 Å². The molecule has 0 bridgehead atoms. The van der Waals surface area contributed by atoms with Crippen molar-refractivity contribution in [2.45, 2.75) is 59.3 Å². The second kappa shape index (κ2) is 26.7. The third-order valence-corrected chi connectivity index (χ3v) is 4.60. The van der Waals surface area contributed by atoms with Crippen LogP contribution in [0.1, 0.15) is 59.3 Å². The second-order valence-corrected chi connectivity index (χ2v) is 8.20. The van der Waals surface area contributed by atoms with Crippen LogP contribution in [-0.2, 0) is 25.8 Å². The van der Waals surface area contributed by atoms with E-state index in [9.17, 15) is 10.5 Å². The molecular weight excluding hydrogens is 560 g/mol. The number of aliphatic hydroxyl groups excluding tert-OH is 3. The van der Waals surface area contributed by atoms with Gasteiger partial charge in [0.1, 0.15) is 0 Å². The standard InChI is InChI=1S/C5H4F3Ge.3C4H10O.Hf/c6-9(7,8)5-3-1-2-4-5;3*1-2-3-4-5;/h1-4H;3*5H,2-4H2,1H3;/q-1;;;;. The Morgan fingerprint density at radius 1 is 0.720 bits per heavy atom. The van der Waals surface area contributed by atoms with Crippen LogP contribution >= 0.6 is 0 Å². The summed E-state index contributed by atoms with van der Waals surface area (Å²) in [5, 5.41) is 24.2. The number of halogens is 3. The van der Waals surface area contributed by atoms with Gasteiger partial charge in [-0.2, -0.15) is 0 Å². The fourth-order valence-corrected chi connectivity index (χ4v) is 2.23. The van der Waals surface area contributed by atoms with E-state index in [0.717, 1.165) is 50.7 Å². The van der Waals surface area contributed by atoms with Gasteiger partial charge in [-0.3, -0.25) is 0 Å². The van der Waals surface area contributed by atoms with Gasteiger partial charge in [-0.05, 0) is 19.3 Å². The van der Waals surface area contributed by atoms with Crippen LogP contribution < -0.4 is 4.40 Å². The molecule has 0 aliphatic rings. The zero-order chi connectivity index (χ0) is 19.3. The number of hydrogen-bond donors (Lipinski definition) is 3. The van der Waals surface area contributed by atoms with Crippen molar-refractivity contribution in [1.29, 1.82) is 0 Å². The molecule has 1 rings (SSSR count). The largest absolute Gasteiger partial charge is 0 e. The van der Waals surface area contributed by atoms with Gasteiger partial charge in [0.25, 0.3) is 0 Å². The molecule has 0 heterocycles. The molecule has 150 valence electrons. The quantitative estimate of drug-likeness (QED) is 0.333. The Morgan fingerprint density at radius 2 is 1.00 bits per heavy atom. The monoisotopic (exact) mass is 597 g/mol. The molecule has 0 unspecified atom stereocenters. The Hall–Kier alpha value is 0.433. The summed E-state index contributed by atoms with van der Waals surface area (Å²) < 4.78 is 35.0. The molecule has 25 heavy (non-hydrogen) atoms. The minimum atomic E-state index is -5.94. The van der Waals surface area contributed by atoms with Crippen LogP contribution in [0, 0.1) is 0 Å². The van der Waals surface area contributed by atoms with Gasteiger partial charge < -0.3 is 15.3 Å². The minimum Gasteiger partial charge on any atom is 0 e. The number of hydrogen-bond acceptors (Lipinski definition) is 3. The molecule has 8 heteroatoms. The molecular formula is C17H34F3GeHfO3-. The van der Waals surface area contributed by atoms with E-state index >= 15 is 0 Å². The maximum Gasteiger partial charge on any atom is 0 e. The molecule has 0 aliphatic carbocycles. The van der Waals surface area contributed by atoms with Crippen LogP contribution in [0.3, 0.4) is 0 Å². The van der Waals surface area contributed by atoms with Crippen molar-refractivity contribution in [2.75, 3.05) is 19.8 Å². The Bertz CT molecular complexity index is 290. The van der Waals surface area contributed by atoms with Gasteiger partial charge in [-0.25, -0.2) is 0 Å². The summed E-state index contributed by atoms with van der Waals surface area (Å²) in [6, 6.07) is 5.07. The van der Waals surface area contributed by atoms with Crippen molar-refractivity contribution >= 4 is 19.1 Å². The molecule has 0 fully saturated rings. The normalized spacial score (nSPS) is 9.32. The SMILES string of the molecule is CCCCO.CCCCO.CCCCO.[F][Ge]([F])([F])[c-]1cccc1.[Hf]. The summed E-state index contributed by atoms with van der Waals surface area (Å²) in [4.78, 5) is 0. The van der Waals surface area contributed by atoms with Crippen LogP contribution in [0.2, 0.25) is 0 Å². The number of rotatable bonds is 7. The summed E-state index contributed by atoms with van der Waals surface area (Å²) in [6.45, 7) is 7.19. The maximum atomic E-state index is 11.8.